The van der Waals surface area contributed by atoms with Crippen LogP contribution in [0.3, 0.4) is 0 Å². The summed E-state index contributed by atoms with van der Waals surface area (Å²) in [5.74, 6) is 1.55. The monoisotopic (exact) mass is 303 g/mol. The summed E-state index contributed by atoms with van der Waals surface area (Å²) in [6.07, 6.45) is 0. The van der Waals surface area contributed by atoms with Crippen LogP contribution in [0.2, 0.25) is 0 Å². The van der Waals surface area contributed by atoms with Crippen molar-refractivity contribution in [2.45, 2.75) is 6.92 Å². The molecule has 1 aliphatic rings. The minimum atomic E-state index is 0.0715. The number of nitrogens with one attached hydrogen (secondary N) is 2. The zero-order valence-corrected chi connectivity index (χ0v) is 13.1. The Morgan fingerprint density at radius 3 is 2.55 bits per heavy atom. The van der Waals surface area contributed by atoms with Gasteiger partial charge in [-0.05, 0) is 31.2 Å². The lowest BCUT2D eigenvalue weighted by atomic mass is 10.1. The first-order valence-electron chi connectivity index (χ1n) is 7.07. The van der Waals surface area contributed by atoms with Crippen LogP contribution in [0.1, 0.15) is 6.92 Å². The minimum Gasteiger partial charge on any atom is -0.497 e. The Kier molecular flexibility index (Phi) is 5.55. The number of rotatable bonds is 6. The largest absolute Gasteiger partial charge is 0.497 e. The molecule has 0 atom stereocenters. The van der Waals surface area contributed by atoms with E-state index in [1.54, 1.807) is 21.1 Å². The zero-order valence-electron chi connectivity index (χ0n) is 13.1. The predicted molar refractivity (Wildman–Crippen MR) is 85.7 cm³/mol. The smallest absolute Gasteiger partial charge is 0.161 e. The van der Waals surface area contributed by atoms with Crippen molar-refractivity contribution in [1.82, 2.24) is 10.6 Å². The second-order valence-electron chi connectivity index (χ2n) is 4.93. The molecule has 22 heavy (non-hydrogen) atoms. The molecule has 1 aliphatic heterocycles. The van der Waals surface area contributed by atoms with Gasteiger partial charge in [-0.15, -0.1) is 0 Å². The van der Waals surface area contributed by atoms with Gasteiger partial charge in [-0.2, -0.15) is 0 Å². The topological polar surface area (TPSA) is 72.0 Å². The van der Waals surface area contributed by atoms with Gasteiger partial charge < -0.3 is 20.1 Å². The second-order valence-corrected chi connectivity index (χ2v) is 4.93. The van der Waals surface area contributed by atoms with Gasteiger partial charge in [0.1, 0.15) is 11.5 Å². The number of hydrogen-bond acceptors (Lipinski definition) is 6. The highest BCUT2D eigenvalue weighted by molar-refractivity contribution is 6.03. The third-order valence-corrected chi connectivity index (χ3v) is 3.22. The van der Waals surface area contributed by atoms with Crippen LogP contribution in [0.25, 0.3) is 0 Å². The number of carbonyl (C=O) groups is 1. The molecule has 0 spiro atoms. The van der Waals surface area contributed by atoms with Gasteiger partial charge in [-0.25, -0.2) is 4.99 Å². The van der Waals surface area contributed by atoms with E-state index >= 15 is 0 Å². The maximum Gasteiger partial charge on any atom is 0.161 e. The lowest BCUT2D eigenvalue weighted by Gasteiger charge is -2.22. The molecule has 6 heteroatoms. The number of benzene rings is 1. The first kappa shape index (κ1) is 16.0. The van der Waals surface area contributed by atoms with Crippen molar-refractivity contribution >= 4 is 17.2 Å². The molecule has 0 aromatic heterocycles. The van der Waals surface area contributed by atoms with Crippen molar-refractivity contribution in [3.8, 4) is 5.75 Å². The molecule has 0 saturated carbocycles. The molecule has 1 aromatic rings. The van der Waals surface area contributed by atoms with Crippen molar-refractivity contribution < 1.29 is 14.3 Å². The number of nitrogens with zero attached hydrogens (tertiary/aromatic N) is 1. The van der Waals surface area contributed by atoms with Gasteiger partial charge in [-0.1, -0.05) is 0 Å². The fourth-order valence-electron chi connectivity index (χ4n) is 2.16. The molecule has 2 rings (SSSR count). The average Bonchev–Trinajstić information content (AvgIpc) is 2.53. The third kappa shape index (κ3) is 4.08. The Morgan fingerprint density at radius 2 is 1.95 bits per heavy atom. The van der Waals surface area contributed by atoms with Crippen LogP contribution in [0.15, 0.2) is 40.7 Å². The minimum absolute atomic E-state index is 0.0715. The molecule has 0 unspecified atom stereocenters. The van der Waals surface area contributed by atoms with Gasteiger partial charge in [0.15, 0.2) is 5.76 Å². The molecule has 0 radical (unpaired) electrons. The molecule has 1 aromatic carbocycles. The van der Waals surface area contributed by atoms with E-state index in [1.807, 2.05) is 24.3 Å². The molecule has 118 valence electrons. The number of carbonyl (C=O) groups excluding carboxylic acids is 1. The van der Waals surface area contributed by atoms with Gasteiger partial charge in [0.2, 0.25) is 0 Å². The van der Waals surface area contributed by atoms with E-state index in [9.17, 15) is 4.79 Å². The molecule has 2 N–H and O–H groups in total. The van der Waals surface area contributed by atoms with E-state index in [-0.39, 0.29) is 12.3 Å². The molecule has 0 bridgehead atoms. The van der Waals surface area contributed by atoms with E-state index in [2.05, 4.69) is 15.6 Å². The Hall–Kier alpha value is -2.34. The van der Waals surface area contributed by atoms with E-state index in [4.69, 9.17) is 9.47 Å². The summed E-state index contributed by atoms with van der Waals surface area (Å²) in [5, 5.41) is 6.35. The summed E-state index contributed by atoms with van der Waals surface area (Å²) >= 11 is 0. The van der Waals surface area contributed by atoms with Gasteiger partial charge >= 0.3 is 0 Å². The van der Waals surface area contributed by atoms with E-state index < -0.39 is 0 Å². The number of ketones is 1. The highest BCUT2D eigenvalue weighted by Gasteiger charge is 2.19. The Bertz CT molecular complexity index is 591. The Balaban J connectivity index is 2.24. The number of hydrogen-bond donors (Lipinski definition) is 2. The second kappa shape index (κ2) is 7.61. The van der Waals surface area contributed by atoms with Crippen molar-refractivity contribution in [2.75, 3.05) is 33.9 Å². The molecule has 0 amide bonds. The first-order valence-corrected chi connectivity index (χ1v) is 7.07. The van der Waals surface area contributed by atoms with Crippen molar-refractivity contribution in [3.05, 3.63) is 35.7 Å². The van der Waals surface area contributed by atoms with E-state index in [1.165, 1.54) is 0 Å². The third-order valence-electron chi connectivity index (χ3n) is 3.22. The van der Waals surface area contributed by atoms with Gasteiger partial charge in [0.25, 0.3) is 0 Å². The van der Waals surface area contributed by atoms with Crippen LogP contribution >= 0.6 is 0 Å². The quantitative estimate of drug-likeness (QED) is 0.831. The Labute approximate surface area is 130 Å². The van der Waals surface area contributed by atoms with Crippen LogP contribution < -0.4 is 15.4 Å². The highest BCUT2D eigenvalue weighted by atomic mass is 16.5. The molecular formula is C16H21N3O3. The normalized spacial score (nSPS) is 16.6. The number of Topliss-reactive ketones (excluding diaryl/α,β-unsaturated/α-hetero) is 1. The molecular weight excluding hydrogens is 282 g/mol. The van der Waals surface area contributed by atoms with Gasteiger partial charge in [0.05, 0.1) is 37.9 Å². The maximum absolute atomic E-state index is 11.1. The summed E-state index contributed by atoms with van der Waals surface area (Å²) < 4.78 is 10.6. The van der Waals surface area contributed by atoms with Crippen LogP contribution in [0.5, 0.6) is 5.75 Å². The molecule has 0 aliphatic carbocycles. The fourth-order valence-corrected chi connectivity index (χ4v) is 2.16. The van der Waals surface area contributed by atoms with Crippen LogP contribution in [0, 0.1) is 0 Å². The lowest BCUT2D eigenvalue weighted by Crippen LogP contribution is -2.39. The highest BCUT2D eigenvalue weighted by Crippen LogP contribution is 2.20. The summed E-state index contributed by atoms with van der Waals surface area (Å²) in [4.78, 5) is 15.7. The maximum atomic E-state index is 11.1. The van der Waals surface area contributed by atoms with Crippen LogP contribution in [-0.4, -0.2) is 45.3 Å². The number of aliphatic imine (C=N–C) groups is 1. The predicted octanol–water partition coefficient (Wildman–Crippen LogP) is 1.41. The molecule has 1 heterocycles. The lowest BCUT2D eigenvalue weighted by molar-refractivity contribution is -0.116. The van der Waals surface area contributed by atoms with Gasteiger partial charge in [0, 0.05) is 13.1 Å². The average molecular weight is 303 g/mol. The summed E-state index contributed by atoms with van der Waals surface area (Å²) in [5.41, 5.74) is 2.46. The van der Waals surface area contributed by atoms with E-state index in [0.29, 0.717) is 18.8 Å². The van der Waals surface area contributed by atoms with Crippen LogP contribution in [-0.2, 0) is 9.53 Å². The summed E-state index contributed by atoms with van der Waals surface area (Å²) in [6, 6.07) is 7.49. The molecule has 6 nitrogen and oxygen atoms in total. The van der Waals surface area contributed by atoms with Crippen LogP contribution in [0.4, 0.5) is 5.69 Å². The standard InChI is InChI=1S/C16H21N3O3/c1-11(20)8-18-14-9-17-10-15(16(14)22-3)19-12-4-6-13(21-2)7-5-12/h4-7,17-18H,8-10H2,1-3H3/b19-15+. The molecule has 0 fully saturated rings. The van der Waals surface area contributed by atoms with Gasteiger partial charge in [-0.3, -0.25) is 4.79 Å². The van der Waals surface area contributed by atoms with Crippen molar-refractivity contribution in [2.24, 2.45) is 4.99 Å². The zero-order chi connectivity index (χ0) is 15.9. The van der Waals surface area contributed by atoms with Crippen molar-refractivity contribution in [3.63, 3.8) is 0 Å². The fraction of sp³-hybridized carbons (Fsp3) is 0.375. The number of methoxy groups -OCH3 is 2. The number of ether oxygens (including phenoxy) is 2. The molecule has 0 saturated heterocycles. The Morgan fingerprint density at radius 1 is 1.23 bits per heavy atom. The van der Waals surface area contributed by atoms with E-state index in [0.717, 1.165) is 22.8 Å². The summed E-state index contributed by atoms with van der Waals surface area (Å²) in [6.45, 7) is 3.06. The summed E-state index contributed by atoms with van der Waals surface area (Å²) in [7, 11) is 3.24. The first-order chi connectivity index (χ1) is 10.6. The SMILES string of the molecule is COC1=C(NCC(C)=O)CNC/C1=N\c1ccc(OC)cc1. The van der Waals surface area contributed by atoms with Crippen molar-refractivity contribution in [1.29, 1.82) is 0 Å².